The lowest BCUT2D eigenvalue weighted by Gasteiger charge is -2.16. The number of aromatic nitrogens is 2. The summed E-state index contributed by atoms with van der Waals surface area (Å²) in [4.78, 5) is 38.5. The number of hydrogen-bond donors (Lipinski definition) is 1. The molecule has 33 heavy (non-hydrogen) atoms. The smallest absolute Gasteiger partial charge is 0.356 e. The highest BCUT2D eigenvalue weighted by Gasteiger charge is 2.27. The summed E-state index contributed by atoms with van der Waals surface area (Å²) in [6.45, 7) is 5.33. The molecule has 0 bridgehead atoms. The molecule has 0 aliphatic heterocycles. The molecule has 4 aromatic rings. The Morgan fingerprint density at radius 1 is 0.970 bits per heavy atom. The monoisotopic (exact) mass is 464 g/mol. The third kappa shape index (κ3) is 3.76. The largest absolute Gasteiger partial charge is 0.506 e. The van der Waals surface area contributed by atoms with Gasteiger partial charge in [-0.1, -0.05) is 35.4 Å². The summed E-state index contributed by atoms with van der Waals surface area (Å²) in [5, 5.41) is 10.5. The first-order valence-electron chi connectivity index (χ1n) is 10.1. The fourth-order valence-electron chi connectivity index (χ4n) is 3.47. The molecule has 1 N–H and O–H groups in total. The van der Waals surface area contributed by atoms with Crippen molar-refractivity contribution in [2.24, 2.45) is 0 Å². The quantitative estimate of drug-likeness (QED) is 0.360. The van der Waals surface area contributed by atoms with E-state index in [9.17, 15) is 19.5 Å². The number of esters is 1. The zero-order chi connectivity index (χ0) is 23.9. The van der Waals surface area contributed by atoms with Gasteiger partial charge in [-0.3, -0.25) is 13.9 Å². The summed E-state index contributed by atoms with van der Waals surface area (Å²) in [7, 11) is 0. The number of fused-ring (bicyclic) bond motifs is 1. The highest BCUT2D eigenvalue weighted by molar-refractivity contribution is 7.71. The van der Waals surface area contributed by atoms with Crippen LogP contribution in [-0.2, 0) is 4.74 Å². The number of aromatic hydroxyl groups is 1. The number of hydrogen-bond acceptors (Lipinski definition) is 7. The maximum Gasteiger partial charge on any atom is 0.356 e. The minimum absolute atomic E-state index is 0.0200. The molecule has 2 aromatic carbocycles. The maximum absolute atomic E-state index is 13.5. The number of benzene rings is 2. The van der Waals surface area contributed by atoms with E-state index in [2.05, 4.69) is 0 Å². The fraction of sp³-hybridized carbons (Fsp3) is 0.167. The molecule has 0 radical (unpaired) electrons. The SMILES string of the molecule is CCOC(=O)c1c(O)c2c(=O)n(-c3ccc(C)cc3)c(=S)n(-c3ccc(C)cc3)c2oc1=O. The number of ether oxygens (including phenoxy) is 1. The summed E-state index contributed by atoms with van der Waals surface area (Å²) in [6.07, 6.45) is 0. The zero-order valence-electron chi connectivity index (χ0n) is 18.1. The summed E-state index contributed by atoms with van der Waals surface area (Å²) >= 11 is 5.64. The first-order chi connectivity index (χ1) is 15.7. The maximum atomic E-state index is 13.5. The van der Waals surface area contributed by atoms with Crippen LogP contribution in [0.15, 0.2) is 62.5 Å². The van der Waals surface area contributed by atoms with E-state index in [1.807, 2.05) is 38.1 Å². The molecule has 0 atom stereocenters. The predicted octanol–water partition coefficient (Wildman–Crippen LogP) is 3.96. The normalized spacial score (nSPS) is 11.0. The van der Waals surface area contributed by atoms with Crippen LogP contribution >= 0.6 is 12.2 Å². The molecule has 0 saturated carbocycles. The molecule has 0 amide bonds. The lowest BCUT2D eigenvalue weighted by molar-refractivity contribution is 0.0518. The number of aryl methyl sites for hydroxylation is 2. The van der Waals surface area contributed by atoms with Crippen LogP contribution in [0.2, 0.25) is 0 Å². The van der Waals surface area contributed by atoms with Crippen molar-refractivity contribution < 1.29 is 19.1 Å². The van der Waals surface area contributed by atoms with Crippen LogP contribution in [0.4, 0.5) is 0 Å². The van der Waals surface area contributed by atoms with E-state index < -0.39 is 28.5 Å². The van der Waals surface area contributed by atoms with Crippen LogP contribution in [0.25, 0.3) is 22.5 Å². The number of carbonyl (C=O) groups excluding carboxylic acids is 1. The zero-order valence-corrected chi connectivity index (χ0v) is 18.9. The van der Waals surface area contributed by atoms with Gasteiger partial charge in [0.2, 0.25) is 5.71 Å². The van der Waals surface area contributed by atoms with Crippen molar-refractivity contribution in [2.45, 2.75) is 20.8 Å². The Kier molecular flexibility index (Phi) is 5.73. The van der Waals surface area contributed by atoms with Crippen molar-refractivity contribution in [2.75, 3.05) is 6.61 Å². The molecular formula is C24H20N2O6S. The summed E-state index contributed by atoms with van der Waals surface area (Å²) in [5.74, 6) is -1.90. The van der Waals surface area contributed by atoms with Gasteiger partial charge < -0.3 is 14.3 Å². The van der Waals surface area contributed by atoms with Gasteiger partial charge in [0.1, 0.15) is 5.39 Å². The average Bonchev–Trinajstić information content (AvgIpc) is 2.76. The third-order valence-electron chi connectivity index (χ3n) is 5.15. The lowest BCUT2D eigenvalue weighted by Crippen LogP contribution is -2.27. The second kappa shape index (κ2) is 8.51. The third-order valence-corrected chi connectivity index (χ3v) is 5.51. The molecule has 0 aliphatic carbocycles. The molecule has 168 valence electrons. The van der Waals surface area contributed by atoms with Crippen molar-refractivity contribution in [3.05, 3.63) is 90.8 Å². The van der Waals surface area contributed by atoms with Crippen molar-refractivity contribution in [3.63, 3.8) is 0 Å². The van der Waals surface area contributed by atoms with Crippen molar-refractivity contribution in [1.82, 2.24) is 9.13 Å². The Hall–Kier alpha value is -3.98. The summed E-state index contributed by atoms with van der Waals surface area (Å²) in [6, 6.07) is 14.2. The average molecular weight is 464 g/mol. The highest BCUT2D eigenvalue weighted by Crippen LogP contribution is 2.27. The van der Waals surface area contributed by atoms with Gasteiger partial charge in [0.05, 0.1) is 18.0 Å². The van der Waals surface area contributed by atoms with Crippen LogP contribution in [0.5, 0.6) is 5.75 Å². The molecule has 0 spiro atoms. The van der Waals surface area contributed by atoms with Gasteiger partial charge in [0.25, 0.3) is 5.56 Å². The van der Waals surface area contributed by atoms with Gasteiger partial charge in [-0.15, -0.1) is 0 Å². The van der Waals surface area contributed by atoms with Gasteiger partial charge in [0, 0.05) is 0 Å². The first kappa shape index (κ1) is 22.2. The predicted molar refractivity (Wildman–Crippen MR) is 125 cm³/mol. The number of rotatable bonds is 4. The number of carbonyl (C=O) groups is 1. The van der Waals surface area contributed by atoms with E-state index in [1.165, 1.54) is 9.13 Å². The van der Waals surface area contributed by atoms with Crippen LogP contribution < -0.4 is 11.2 Å². The van der Waals surface area contributed by atoms with Gasteiger partial charge in [-0.05, 0) is 57.3 Å². The molecule has 2 heterocycles. The van der Waals surface area contributed by atoms with E-state index in [1.54, 1.807) is 31.2 Å². The van der Waals surface area contributed by atoms with Crippen molar-refractivity contribution in [3.8, 4) is 17.1 Å². The lowest BCUT2D eigenvalue weighted by atomic mass is 10.2. The molecule has 0 aliphatic rings. The van der Waals surface area contributed by atoms with Crippen LogP contribution in [-0.4, -0.2) is 26.8 Å². The molecule has 0 unspecified atom stereocenters. The minimum atomic E-state index is -1.14. The van der Waals surface area contributed by atoms with E-state index in [0.29, 0.717) is 11.4 Å². The topological polar surface area (TPSA) is 104 Å². The summed E-state index contributed by atoms with van der Waals surface area (Å²) < 4.78 is 12.9. The van der Waals surface area contributed by atoms with Gasteiger partial charge in [0.15, 0.2) is 16.1 Å². The Labute approximate surface area is 192 Å². The fourth-order valence-corrected chi connectivity index (χ4v) is 3.85. The second-order valence-corrected chi connectivity index (χ2v) is 7.81. The van der Waals surface area contributed by atoms with Crippen molar-refractivity contribution in [1.29, 1.82) is 0 Å². The second-order valence-electron chi connectivity index (χ2n) is 7.44. The van der Waals surface area contributed by atoms with E-state index >= 15 is 0 Å². The summed E-state index contributed by atoms with van der Waals surface area (Å²) in [5.41, 5.74) is 0.00989. The standard InChI is InChI=1S/C24H20N2O6S/c1-4-31-22(29)18-19(27)17-20(28)25(15-9-5-13(2)6-10-15)24(33)26(21(17)32-23(18)30)16-11-7-14(3)8-12-16/h5-12,27H,4H2,1-3H3. The Balaban J connectivity index is 2.22. The minimum Gasteiger partial charge on any atom is -0.506 e. The van der Waals surface area contributed by atoms with Crippen LogP contribution in [0.1, 0.15) is 28.4 Å². The molecule has 8 nitrogen and oxygen atoms in total. The Bertz CT molecular complexity index is 1560. The van der Waals surface area contributed by atoms with Crippen LogP contribution in [0, 0.1) is 18.6 Å². The van der Waals surface area contributed by atoms with Gasteiger partial charge in [-0.25, -0.2) is 9.59 Å². The molecule has 2 aromatic heterocycles. The Morgan fingerprint density at radius 2 is 1.48 bits per heavy atom. The van der Waals surface area contributed by atoms with E-state index in [-0.39, 0.29) is 22.5 Å². The highest BCUT2D eigenvalue weighted by atomic mass is 32.1. The van der Waals surface area contributed by atoms with E-state index in [4.69, 9.17) is 21.4 Å². The molecule has 0 fully saturated rings. The molecular weight excluding hydrogens is 444 g/mol. The molecule has 4 rings (SSSR count). The van der Waals surface area contributed by atoms with Gasteiger partial charge in [-0.2, -0.15) is 0 Å². The Morgan fingerprint density at radius 3 is 2.00 bits per heavy atom. The molecule has 9 heteroatoms. The van der Waals surface area contributed by atoms with Crippen LogP contribution in [0.3, 0.4) is 0 Å². The van der Waals surface area contributed by atoms with Crippen molar-refractivity contribution >= 4 is 29.3 Å². The number of nitrogens with zero attached hydrogens (tertiary/aromatic N) is 2. The first-order valence-corrected chi connectivity index (χ1v) is 10.5. The van der Waals surface area contributed by atoms with E-state index in [0.717, 1.165) is 11.1 Å². The molecule has 0 saturated heterocycles. The van der Waals surface area contributed by atoms with Gasteiger partial charge >= 0.3 is 11.6 Å².